The number of aliphatic imine (C=N–C) groups is 1. The molecule has 4 rings (SSSR count). The minimum atomic E-state index is -0.121. The van der Waals surface area contributed by atoms with Crippen LogP contribution in [0.5, 0.6) is 0 Å². The average Bonchev–Trinajstić information content (AvgIpc) is 3.47. The highest BCUT2D eigenvalue weighted by Crippen LogP contribution is 2.52. The van der Waals surface area contributed by atoms with Crippen LogP contribution in [0, 0.1) is 23.7 Å². The summed E-state index contributed by atoms with van der Waals surface area (Å²) in [5.41, 5.74) is 1.19. The minimum absolute atomic E-state index is 0. The van der Waals surface area contributed by atoms with Gasteiger partial charge < -0.3 is 15.4 Å². The first-order chi connectivity index (χ1) is 15.2. The largest absolute Gasteiger partial charge is 0.377 e. The Hall–Kier alpha value is -1.94. The lowest BCUT2D eigenvalue weighted by Gasteiger charge is -2.18. The number of carbonyl (C=O) groups is 2. The van der Waals surface area contributed by atoms with E-state index in [1.807, 2.05) is 18.2 Å². The molecule has 32 heavy (non-hydrogen) atoms. The topological polar surface area (TPSA) is 83.0 Å². The van der Waals surface area contributed by atoms with E-state index < -0.39 is 0 Å². The fourth-order valence-electron chi connectivity index (χ4n) is 4.99. The van der Waals surface area contributed by atoms with Gasteiger partial charge in [-0.25, -0.2) is 0 Å². The number of hydrogen-bond acceptors (Lipinski definition) is 4. The number of unbranched alkanes of at least 4 members (excludes halogenated alkanes) is 1. The summed E-state index contributed by atoms with van der Waals surface area (Å²) in [6.07, 6.45) is 7.14. The van der Waals surface area contributed by atoms with Crippen LogP contribution in [0.1, 0.15) is 24.8 Å². The van der Waals surface area contributed by atoms with Crippen LogP contribution in [0.15, 0.2) is 47.5 Å². The molecule has 4 atom stereocenters. The van der Waals surface area contributed by atoms with Crippen LogP contribution in [-0.4, -0.2) is 56.0 Å². The fraction of sp³-hybridized carbons (Fsp3) is 0.542. The summed E-state index contributed by atoms with van der Waals surface area (Å²) in [4.78, 5) is 31.1. The van der Waals surface area contributed by atoms with Crippen molar-refractivity contribution in [1.82, 2.24) is 15.5 Å². The third-order valence-corrected chi connectivity index (χ3v) is 6.53. The van der Waals surface area contributed by atoms with Crippen molar-refractivity contribution in [3.8, 4) is 0 Å². The van der Waals surface area contributed by atoms with E-state index in [2.05, 4.69) is 39.9 Å². The third-order valence-electron chi connectivity index (χ3n) is 6.53. The van der Waals surface area contributed by atoms with E-state index in [9.17, 15) is 9.59 Å². The van der Waals surface area contributed by atoms with Gasteiger partial charge in [-0.05, 0) is 36.7 Å². The van der Waals surface area contributed by atoms with E-state index in [4.69, 9.17) is 4.74 Å². The van der Waals surface area contributed by atoms with E-state index in [-0.39, 0.29) is 59.5 Å². The van der Waals surface area contributed by atoms with Crippen LogP contribution in [0.25, 0.3) is 0 Å². The summed E-state index contributed by atoms with van der Waals surface area (Å²) in [5.74, 6) is 0.976. The van der Waals surface area contributed by atoms with Crippen LogP contribution in [0.2, 0.25) is 0 Å². The number of rotatable bonds is 10. The summed E-state index contributed by atoms with van der Waals surface area (Å²) in [7, 11) is 1.72. The number of nitrogens with one attached hydrogen (secondary N) is 2. The zero-order chi connectivity index (χ0) is 21.6. The summed E-state index contributed by atoms with van der Waals surface area (Å²) in [5, 5.41) is 6.49. The van der Waals surface area contributed by atoms with E-state index in [0.29, 0.717) is 25.7 Å². The molecule has 1 aliphatic heterocycles. The van der Waals surface area contributed by atoms with Crippen LogP contribution in [0.4, 0.5) is 0 Å². The van der Waals surface area contributed by atoms with Crippen molar-refractivity contribution in [2.45, 2.75) is 25.9 Å². The Kier molecular flexibility index (Phi) is 9.10. The van der Waals surface area contributed by atoms with Crippen LogP contribution < -0.4 is 10.6 Å². The molecule has 0 spiro atoms. The summed E-state index contributed by atoms with van der Waals surface area (Å²) in [6.45, 7) is 3.04. The van der Waals surface area contributed by atoms with E-state index in [0.717, 1.165) is 32.4 Å². The first kappa shape index (κ1) is 24.7. The van der Waals surface area contributed by atoms with Gasteiger partial charge in [-0.1, -0.05) is 42.5 Å². The van der Waals surface area contributed by atoms with Crippen molar-refractivity contribution in [1.29, 1.82) is 0 Å². The molecule has 2 aliphatic carbocycles. The summed E-state index contributed by atoms with van der Waals surface area (Å²) < 4.78 is 5.70. The number of likely N-dealkylation sites (tertiary alicyclic amines) is 1. The van der Waals surface area contributed by atoms with Gasteiger partial charge in [0.15, 0.2) is 5.96 Å². The summed E-state index contributed by atoms with van der Waals surface area (Å²) >= 11 is 0. The highest BCUT2D eigenvalue weighted by atomic mass is 127. The molecule has 7 nitrogen and oxygen atoms in total. The number of amides is 2. The number of hydrogen-bond donors (Lipinski definition) is 2. The molecule has 2 bridgehead atoms. The molecule has 0 radical (unpaired) electrons. The quantitative estimate of drug-likeness (QED) is 0.117. The molecule has 1 saturated heterocycles. The van der Waals surface area contributed by atoms with Crippen LogP contribution in [0.3, 0.4) is 0 Å². The standard InChI is InChI=1S/C24H32N4O3.HI/c1-25-24(26-11-5-6-14-31-16-17-7-3-2-4-8-17)27-12-13-28-22(29)20-18-9-10-19(15-18)21(20)23(28)30;/h2-4,7-10,18-21H,5-6,11-16H2,1H3,(H2,25,26,27);1H. The number of halogens is 1. The molecular formula is C24H33IN4O3. The minimum Gasteiger partial charge on any atom is -0.377 e. The molecule has 174 valence electrons. The molecular weight excluding hydrogens is 519 g/mol. The highest BCUT2D eigenvalue weighted by molar-refractivity contribution is 14.0. The molecule has 2 amide bonds. The van der Waals surface area contributed by atoms with E-state index in [1.54, 1.807) is 7.05 Å². The Bertz CT molecular complexity index is 815. The molecule has 1 aromatic rings. The molecule has 3 aliphatic rings. The number of ether oxygens (including phenoxy) is 1. The molecule has 2 fully saturated rings. The maximum atomic E-state index is 12.7. The molecule has 1 aromatic carbocycles. The van der Waals surface area contributed by atoms with Gasteiger partial charge >= 0.3 is 0 Å². The Balaban J connectivity index is 0.00000289. The first-order valence-electron chi connectivity index (χ1n) is 11.3. The maximum Gasteiger partial charge on any atom is 0.233 e. The van der Waals surface area contributed by atoms with Gasteiger partial charge in [-0.2, -0.15) is 0 Å². The van der Waals surface area contributed by atoms with Crippen LogP contribution in [-0.2, 0) is 20.9 Å². The second-order valence-electron chi connectivity index (χ2n) is 8.50. The van der Waals surface area contributed by atoms with Gasteiger partial charge in [0.1, 0.15) is 0 Å². The monoisotopic (exact) mass is 552 g/mol. The Morgan fingerprint density at radius 3 is 2.34 bits per heavy atom. The number of imide groups is 1. The zero-order valence-electron chi connectivity index (χ0n) is 18.5. The van der Waals surface area contributed by atoms with Gasteiger partial charge in [-0.15, -0.1) is 24.0 Å². The SMILES string of the molecule is CN=C(NCCCCOCc1ccccc1)NCCN1C(=O)C2C3C=CC(C3)C2C1=O.I. The number of fused-ring (bicyclic) bond motifs is 5. The predicted octanol–water partition coefficient (Wildman–Crippen LogP) is 2.57. The second kappa shape index (κ2) is 11.8. The van der Waals surface area contributed by atoms with Crippen molar-refractivity contribution in [3.63, 3.8) is 0 Å². The predicted molar refractivity (Wildman–Crippen MR) is 135 cm³/mol. The Morgan fingerprint density at radius 1 is 1.03 bits per heavy atom. The van der Waals surface area contributed by atoms with Gasteiger partial charge in [0.2, 0.25) is 11.8 Å². The second-order valence-corrected chi connectivity index (χ2v) is 8.50. The summed E-state index contributed by atoms with van der Waals surface area (Å²) in [6, 6.07) is 10.2. The molecule has 8 heteroatoms. The zero-order valence-corrected chi connectivity index (χ0v) is 20.9. The molecule has 1 heterocycles. The average molecular weight is 552 g/mol. The fourth-order valence-corrected chi connectivity index (χ4v) is 4.99. The van der Waals surface area contributed by atoms with Gasteiger partial charge in [0, 0.05) is 33.3 Å². The molecule has 1 saturated carbocycles. The Labute approximate surface area is 207 Å². The lowest BCUT2D eigenvalue weighted by molar-refractivity contribution is -0.140. The van der Waals surface area contributed by atoms with E-state index >= 15 is 0 Å². The van der Waals surface area contributed by atoms with Crippen LogP contribution >= 0.6 is 24.0 Å². The Morgan fingerprint density at radius 2 is 1.69 bits per heavy atom. The van der Waals surface area contributed by atoms with E-state index in [1.165, 1.54) is 10.5 Å². The normalized spacial score (nSPS) is 25.8. The van der Waals surface area contributed by atoms with Crippen molar-refractivity contribution in [2.75, 3.05) is 33.3 Å². The number of guanidine groups is 1. The van der Waals surface area contributed by atoms with Crippen molar-refractivity contribution in [2.24, 2.45) is 28.7 Å². The maximum absolute atomic E-state index is 12.7. The number of benzene rings is 1. The van der Waals surface area contributed by atoms with Gasteiger partial charge in [0.05, 0.1) is 18.4 Å². The lowest BCUT2D eigenvalue weighted by atomic mass is 9.85. The molecule has 2 N–H and O–H groups in total. The van der Waals surface area contributed by atoms with Crippen molar-refractivity contribution in [3.05, 3.63) is 48.0 Å². The third kappa shape index (κ3) is 5.51. The first-order valence-corrected chi connectivity index (χ1v) is 11.3. The molecule has 4 unspecified atom stereocenters. The smallest absolute Gasteiger partial charge is 0.233 e. The lowest BCUT2D eigenvalue weighted by Crippen LogP contribution is -2.43. The van der Waals surface area contributed by atoms with Gasteiger partial charge in [-0.3, -0.25) is 19.5 Å². The molecule has 0 aromatic heterocycles. The van der Waals surface area contributed by atoms with Crippen molar-refractivity contribution >= 4 is 41.8 Å². The highest BCUT2D eigenvalue weighted by Gasteiger charge is 2.58. The van der Waals surface area contributed by atoms with Gasteiger partial charge in [0.25, 0.3) is 0 Å². The number of allylic oxidation sites excluding steroid dienone is 2. The number of carbonyl (C=O) groups excluding carboxylic acids is 2. The van der Waals surface area contributed by atoms with Crippen molar-refractivity contribution < 1.29 is 14.3 Å². The number of nitrogens with zero attached hydrogens (tertiary/aromatic N) is 2.